The Morgan fingerprint density at radius 2 is 1.94 bits per heavy atom. The quantitative estimate of drug-likeness (QED) is 0.886. The molecule has 1 aromatic heterocycles. The molecule has 0 fully saturated rings. The molecule has 2 rings (SSSR count). The van der Waals surface area contributed by atoms with Crippen LogP contribution in [0, 0.1) is 0 Å². The van der Waals surface area contributed by atoms with Crippen LogP contribution in [-0.2, 0) is 6.18 Å². The topological polar surface area (TPSA) is 50.9 Å². The molecule has 0 saturated carbocycles. The summed E-state index contributed by atoms with van der Waals surface area (Å²) in [5.41, 5.74) is 5.15. The first kappa shape index (κ1) is 12.6. The Hall–Kier alpha value is -1.82. The highest BCUT2D eigenvalue weighted by Gasteiger charge is 2.33. The average Bonchev–Trinajstić information content (AvgIpc) is 2.34. The molecule has 18 heavy (non-hydrogen) atoms. The Balaban J connectivity index is 2.57. The molecule has 0 aliphatic carbocycles. The third kappa shape index (κ3) is 2.53. The van der Waals surface area contributed by atoms with Crippen LogP contribution in [0.1, 0.15) is 5.69 Å². The van der Waals surface area contributed by atoms with Crippen LogP contribution in [0.15, 0.2) is 30.3 Å². The summed E-state index contributed by atoms with van der Waals surface area (Å²) in [6, 6.07) is 7.70. The number of benzene rings is 1. The van der Waals surface area contributed by atoms with Gasteiger partial charge >= 0.3 is 6.18 Å². The molecule has 1 heterocycles. The maximum Gasteiger partial charge on any atom is 0.433 e. The van der Waals surface area contributed by atoms with Crippen LogP contribution >= 0.6 is 0 Å². The van der Waals surface area contributed by atoms with Gasteiger partial charge in [0, 0.05) is 24.2 Å². The predicted molar refractivity (Wildman–Crippen MR) is 64.3 cm³/mol. The Labute approximate surface area is 102 Å². The lowest BCUT2D eigenvalue weighted by atomic mass is 10.1. The number of aromatic nitrogens is 1. The van der Waals surface area contributed by atoms with E-state index in [2.05, 4.69) is 10.3 Å². The SMILES string of the molecule is NCCNc1cc(C(F)(F)F)nc2ccccc12. The van der Waals surface area contributed by atoms with Crippen LogP contribution in [0.25, 0.3) is 10.9 Å². The Morgan fingerprint density at radius 1 is 1.22 bits per heavy atom. The van der Waals surface area contributed by atoms with Crippen LogP contribution in [0.4, 0.5) is 18.9 Å². The minimum atomic E-state index is -4.46. The number of rotatable bonds is 3. The largest absolute Gasteiger partial charge is 0.433 e. The summed E-state index contributed by atoms with van der Waals surface area (Å²) in [6.07, 6.45) is -4.46. The molecule has 0 aliphatic heterocycles. The number of anilines is 1. The third-order valence-electron chi connectivity index (χ3n) is 2.47. The van der Waals surface area contributed by atoms with Crippen molar-refractivity contribution in [3.8, 4) is 0 Å². The van der Waals surface area contributed by atoms with Crippen LogP contribution in [0.5, 0.6) is 0 Å². The number of alkyl halides is 3. The first-order valence-electron chi connectivity index (χ1n) is 5.43. The van der Waals surface area contributed by atoms with Crippen molar-refractivity contribution in [3.05, 3.63) is 36.0 Å². The number of pyridine rings is 1. The molecule has 0 aliphatic rings. The standard InChI is InChI=1S/C12H12F3N3/c13-12(14,15)11-7-10(17-6-5-16)8-3-1-2-4-9(8)18-11/h1-4,7H,5-6,16H2,(H,17,18). The van der Waals surface area contributed by atoms with Gasteiger partial charge in [0.05, 0.1) is 5.52 Å². The maximum atomic E-state index is 12.7. The molecule has 0 spiro atoms. The van der Waals surface area contributed by atoms with E-state index in [1.165, 1.54) is 0 Å². The van der Waals surface area contributed by atoms with E-state index in [9.17, 15) is 13.2 Å². The van der Waals surface area contributed by atoms with Crippen molar-refractivity contribution in [2.24, 2.45) is 5.73 Å². The zero-order valence-corrected chi connectivity index (χ0v) is 9.46. The number of nitrogens with one attached hydrogen (secondary N) is 1. The van der Waals surface area contributed by atoms with Gasteiger partial charge in [0.15, 0.2) is 0 Å². The summed E-state index contributed by atoms with van der Waals surface area (Å²) < 4.78 is 38.1. The smallest absolute Gasteiger partial charge is 0.383 e. The number of hydrogen-bond acceptors (Lipinski definition) is 3. The highest BCUT2D eigenvalue weighted by Crippen LogP contribution is 2.32. The molecule has 0 atom stereocenters. The Bertz CT molecular complexity index is 552. The van der Waals surface area contributed by atoms with Gasteiger partial charge < -0.3 is 11.1 Å². The lowest BCUT2D eigenvalue weighted by molar-refractivity contribution is -0.140. The normalized spacial score (nSPS) is 11.8. The summed E-state index contributed by atoms with van der Waals surface area (Å²) >= 11 is 0. The van der Waals surface area contributed by atoms with Gasteiger partial charge in [-0.15, -0.1) is 0 Å². The number of halogens is 3. The minimum Gasteiger partial charge on any atom is -0.383 e. The highest BCUT2D eigenvalue weighted by molar-refractivity contribution is 5.91. The summed E-state index contributed by atoms with van der Waals surface area (Å²) in [4.78, 5) is 3.62. The second-order valence-electron chi connectivity index (χ2n) is 3.79. The van der Waals surface area contributed by atoms with Gasteiger partial charge in [-0.25, -0.2) is 4.98 Å². The molecule has 6 heteroatoms. The van der Waals surface area contributed by atoms with Gasteiger partial charge in [0.1, 0.15) is 5.69 Å². The van der Waals surface area contributed by atoms with E-state index in [0.717, 1.165) is 6.07 Å². The predicted octanol–water partition coefficient (Wildman–Crippen LogP) is 2.62. The number of para-hydroxylation sites is 1. The molecule has 0 unspecified atom stereocenters. The van der Waals surface area contributed by atoms with Crippen LogP contribution in [-0.4, -0.2) is 18.1 Å². The molecule has 0 saturated heterocycles. The lowest BCUT2D eigenvalue weighted by Crippen LogP contribution is -2.15. The van der Waals surface area contributed by atoms with Crippen molar-refractivity contribution in [2.75, 3.05) is 18.4 Å². The molecule has 0 amide bonds. The van der Waals surface area contributed by atoms with Crippen molar-refractivity contribution in [1.29, 1.82) is 0 Å². The first-order chi connectivity index (χ1) is 8.52. The fourth-order valence-electron chi connectivity index (χ4n) is 1.67. The zero-order chi connectivity index (χ0) is 13.2. The molecular weight excluding hydrogens is 243 g/mol. The van der Waals surface area contributed by atoms with E-state index in [1.54, 1.807) is 24.3 Å². The van der Waals surface area contributed by atoms with Crippen molar-refractivity contribution in [3.63, 3.8) is 0 Å². The highest BCUT2D eigenvalue weighted by atomic mass is 19.4. The average molecular weight is 255 g/mol. The fourth-order valence-corrected chi connectivity index (χ4v) is 1.67. The van der Waals surface area contributed by atoms with Crippen LogP contribution < -0.4 is 11.1 Å². The van der Waals surface area contributed by atoms with E-state index in [-0.39, 0.29) is 0 Å². The Kier molecular flexibility index (Phi) is 3.38. The summed E-state index contributed by atoms with van der Waals surface area (Å²) in [7, 11) is 0. The van der Waals surface area contributed by atoms with Crippen molar-refractivity contribution in [2.45, 2.75) is 6.18 Å². The van der Waals surface area contributed by atoms with Gasteiger partial charge in [0.2, 0.25) is 0 Å². The van der Waals surface area contributed by atoms with Crippen molar-refractivity contribution >= 4 is 16.6 Å². The van der Waals surface area contributed by atoms with E-state index in [1.807, 2.05) is 0 Å². The first-order valence-corrected chi connectivity index (χ1v) is 5.43. The van der Waals surface area contributed by atoms with Gasteiger partial charge in [0.25, 0.3) is 0 Å². The van der Waals surface area contributed by atoms with Gasteiger partial charge in [-0.3, -0.25) is 0 Å². The van der Waals surface area contributed by atoms with Crippen molar-refractivity contribution in [1.82, 2.24) is 4.98 Å². The molecule has 96 valence electrons. The van der Waals surface area contributed by atoms with Crippen LogP contribution in [0.3, 0.4) is 0 Å². The Morgan fingerprint density at radius 3 is 2.61 bits per heavy atom. The molecular formula is C12H12F3N3. The van der Waals surface area contributed by atoms with Crippen molar-refractivity contribution < 1.29 is 13.2 Å². The van der Waals surface area contributed by atoms with E-state index in [0.29, 0.717) is 29.7 Å². The third-order valence-corrected chi connectivity index (χ3v) is 2.47. The summed E-state index contributed by atoms with van der Waals surface area (Å²) in [5.74, 6) is 0. The fraction of sp³-hybridized carbons (Fsp3) is 0.250. The van der Waals surface area contributed by atoms with Gasteiger partial charge in [-0.05, 0) is 12.1 Å². The number of nitrogens with two attached hydrogens (primary N) is 1. The molecule has 3 N–H and O–H groups in total. The summed E-state index contributed by atoms with van der Waals surface area (Å²) in [6.45, 7) is 0.753. The lowest BCUT2D eigenvalue weighted by Gasteiger charge is -2.12. The second kappa shape index (κ2) is 4.81. The molecule has 2 aromatic rings. The van der Waals surface area contributed by atoms with E-state index >= 15 is 0 Å². The zero-order valence-electron chi connectivity index (χ0n) is 9.46. The molecule has 0 bridgehead atoms. The number of nitrogens with zero attached hydrogens (tertiary/aromatic N) is 1. The summed E-state index contributed by atoms with van der Waals surface area (Å²) in [5, 5.41) is 3.54. The van der Waals surface area contributed by atoms with E-state index < -0.39 is 11.9 Å². The number of fused-ring (bicyclic) bond motifs is 1. The van der Waals surface area contributed by atoms with E-state index in [4.69, 9.17) is 5.73 Å². The second-order valence-corrected chi connectivity index (χ2v) is 3.79. The molecule has 1 aromatic carbocycles. The number of hydrogen-bond donors (Lipinski definition) is 2. The van der Waals surface area contributed by atoms with Gasteiger partial charge in [-0.2, -0.15) is 13.2 Å². The monoisotopic (exact) mass is 255 g/mol. The minimum absolute atomic E-state index is 0.312. The van der Waals surface area contributed by atoms with Crippen LogP contribution in [0.2, 0.25) is 0 Å². The molecule has 0 radical (unpaired) electrons. The molecule has 3 nitrogen and oxygen atoms in total. The van der Waals surface area contributed by atoms with Gasteiger partial charge in [-0.1, -0.05) is 18.2 Å². The maximum absolute atomic E-state index is 12.7.